The number of fused-ring (bicyclic) bond motifs is 1. The van der Waals surface area contributed by atoms with Gasteiger partial charge in [0.25, 0.3) is 5.91 Å². The number of halogens is 1. The summed E-state index contributed by atoms with van der Waals surface area (Å²) >= 11 is 6.77. The van der Waals surface area contributed by atoms with Gasteiger partial charge in [0.1, 0.15) is 5.54 Å². The Labute approximate surface area is 194 Å². The zero-order valence-corrected chi connectivity index (χ0v) is 19.9. The van der Waals surface area contributed by atoms with Crippen molar-refractivity contribution in [3.63, 3.8) is 0 Å². The maximum absolute atomic E-state index is 13.2. The molecular formula is C23H33ClN3O3S+. The second-order valence-electron chi connectivity index (χ2n) is 8.02. The summed E-state index contributed by atoms with van der Waals surface area (Å²) in [5.41, 5.74) is 2.54. The number of anilines is 1. The van der Waals surface area contributed by atoms with Crippen molar-refractivity contribution >= 4 is 40.9 Å². The average Bonchev–Trinajstić information content (AvgIpc) is 3.14. The molecule has 1 unspecified atom stereocenters. The summed E-state index contributed by atoms with van der Waals surface area (Å²) in [6.45, 7) is 9.54. The van der Waals surface area contributed by atoms with Gasteiger partial charge in [0.15, 0.2) is 0 Å². The van der Waals surface area contributed by atoms with Crippen molar-refractivity contribution in [2.45, 2.75) is 44.1 Å². The fourth-order valence-corrected chi connectivity index (χ4v) is 4.80. The molecular weight excluding hydrogens is 434 g/mol. The molecule has 0 radical (unpaired) electrons. The number of quaternary nitrogens is 1. The van der Waals surface area contributed by atoms with Crippen molar-refractivity contribution in [1.82, 2.24) is 5.32 Å². The molecule has 6 nitrogen and oxygen atoms in total. The first-order valence-corrected chi connectivity index (χ1v) is 11.7. The third kappa shape index (κ3) is 6.84. The smallest absolute Gasteiger partial charge is 0.258 e. The van der Waals surface area contributed by atoms with E-state index < -0.39 is 5.54 Å². The van der Waals surface area contributed by atoms with E-state index in [9.17, 15) is 9.59 Å². The minimum atomic E-state index is -0.911. The molecule has 1 aromatic rings. The molecule has 1 atom stereocenters. The fourth-order valence-electron chi connectivity index (χ4n) is 4.11. The summed E-state index contributed by atoms with van der Waals surface area (Å²) in [6, 6.07) is 6.17. The summed E-state index contributed by atoms with van der Waals surface area (Å²) in [7, 11) is 3.22. The first-order valence-electron chi connectivity index (χ1n) is 10.5. The molecule has 2 aliphatic rings. The molecule has 4 N–H and O–H groups in total. The highest BCUT2D eigenvalue weighted by Gasteiger charge is 2.43. The number of carbonyl (C=O) groups excluding carboxylic acids is 2. The monoisotopic (exact) mass is 466 g/mol. The van der Waals surface area contributed by atoms with Crippen molar-refractivity contribution in [3.8, 4) is 0 Å². The van der Waals surface area contributed by atoms with Crippen LogP contribution in [0.5, 0.6) is 0 Å². The van der Waals surface area contributed by atoms with Crippen LogP contribution in [-0.4, -0.2) is 49.7 Å². The van der Waals surface area contributed by atoms with Crippen LogP contribution in [0.4, 0.5) is 5.69 Å². The topological polar surface area (TPSA) is 82.9 Å². The number of benzene rings is 1. The number of aliphatic hydroxyl groups excluding tert-OH is 1. The van der Waals surface area contributed by atoms with E-state index in [1.165, 1.54) is 16.0 Å². The zero-order valence-electron chi connectivity index (χ0n) is 18.4. The van der Waals surface area contributed by atoms with Crippen LogP contribution in [0.25, 0.3) is 0 Å². The number of aliphatic hydroxyl groups is 1. The molecule has 1 aliphatic heterocycles. The van der Waals surface area contributed by atoms with Crippen LogP contribution >= 0.6 is 23.4 Å². The molecule has 0 aromatic heterocycles. The molecule has 1 saturated carbocycles. The Bertz CT molecular complexity index is 837. The summed E-state index contributed by atoms with van der Waals surface area (Å²) in [5.74, 6) is -0.538. The Hall–Kier alpha value is -1.80. The van der Waals surface area contributed by atoms with Gasteiger partial charge >= 0.3 is 0 Å². The highest BCUT2D eigenvalue weighted by atomic mass is 35.5. The number of likely N-dealkylation sites (N-methyl/N-ethyl adjacent to an activating group) is 1. The third-order valence-corrected chi connectivity index (χ3v) is 6.72. The predicted octanol–water partition coefficient (Wildman–Crippen LogP) is 2.23. The number of hydrogen-bond donors (Lipinski definition) is 4. The number of nitrogens with one attached hydrogen (secondary N) is 3. The lowest BCUT2D eigenvalue weighted by molar-refractivity contribution is -0.878. The van der Waals surface area contributed by atoms with Crippen molar-refractivity contribution in [1.29, 1.82) is 0 Å². The second kappa shape index (κ2) is 11.7. The van der Waals surface area contributed by atoms with E-state index in [0.717, 1.165) is 63.3 Å². The minimum absolute atomic E-state index is 0.165. The van der Waals surface area contributed by atoms with Crippen LogP contribution in [0.1, 0.15) is 36.8 Å². The molecule has 0 bridgehead atoms. The molecule has 1 aromatic carbocycles. The number of hydrogen-bond acceptors (Lipinski definition) is 4. The Morgan fingerprint density at radius 1 is 1.13 bits per heavy atom. The number of thioether (sulfide) groups is 1. The van der Waals surface area contributed by atoms with Gasteiger partial charge in [0.2, 0.25) is 5.91 Å². The van der Waals surface area contributed by atoms with Crippen LogP contribution < -0.4 is 15.5 Å². The summed E-state index contributed by atoms with van der Waals surface area (Å²) < 4.78 is 0.271. The van der Waals surface area contributed by atoms with E-state index >= 15 is 0 Å². The Morgan fingerprint density at radius 2 is 1.74 bits per heavy atom. The van der Waals surface area contributed by atoms with Crippen molar-refractivity contribution in [2.75, 3.05) is 32.6 Å². The molecule has 1 heterocycles. The number of carbonyl (C=O) groups is 2. The lowest BCUT2D eigenvalue weighted by Crippen LogP contribution is -3.09. The van der Waals surface area contributed by atoms with Crippen LogP contribution in [0.2, 0.25) is 0 Å². The third-order valence-electron chi connectivity index (χ3n) is 5.84. The van der Waals surface area contributed by atoms with Crippen LogP contribution in [-0.2, 0) is 22.4 Å². The largest absolute Gasteiger partial charge is 0.400 e. The average molecular weight is 467 g/mol. The maximum Gasteiger partial charge on any atom is 0.258 e. The summed E-state index contributed by atoms with van der Waals surface area (Å²) in [6.07, 6.45) is 5.09. The molecule has 1 fully saturated rings. The van der Waals surface area contributed by atoms with Gasteiger partial charge in [-0.25, -0.2) is 0 Å². The van der Waals surface area contributed by atoms with Gasteiger partial charge in [-0.2, -0.15) is 0 Å². The van der Waals surface area contributed by atoms with Crippen molar-refractivity contribution in [3.05, 3.63) is 51.8 Å². The maximum atomic E-state index is 13.2. The van der Waals surface area contributed by atoms with Crippen LogP contribution in [0.15, 0.2) is 40.6 Å². The lowest BCUT2D eigenvalue weighted by atomic mass is 9.95. The fraction of sp³-hybridized carbons (Fsp3) is 0.478. The SMILES string of the molecule is C=C(Cl)SC(=C)C(=O)NC1(C(=O)Nc2ccc3c(c2)CC[NH+](C)CC3)CCCC1.CO. The molecule has 8 heteroatoms. The molecule has 0 spiro atoms. The van der Waals surface area contributed by atoms with E-state index in [1.807, 2.05) is 6.07 Å². The highest BCUT2D eigenvalue weighted by molar-refractivity contribution is 8.08. The van der Waals surface area contributed by atoms with E-state index in [-0.39, 0.29) is 21.1 Å². The van der Waals surface area contributed by atoms with Gasteiger partial charge in [-0.15, -0.1) is 0 Å². The zero-order chi connectivity index (χ0) is 23.0. The predicted molar refractivity (Wildman–Crippen MR) is 128 cm³/mol. The molecule has 2 amide bonds. The van der Waals surface area contributed by atoms with Gasteiger partial charge in [-0.1, -0.05) is 55.4 Å². The Kier molecular flexibility index (Phi) is 9.62. The van der Waals surface area contributed by atoms with Gasteiger partial charge in [0.05, 0.1) is 29.4 Å². The quantitative estimate of drug-likeness (QED) is 0.484. The minimum Gasteiger partial charge on any atom is -0.400 e. The Morgan fingerprint density at radius 3 is 2.35 bits per heavy atom. The van der Waals surface area contributed by atoms with E-state index in [1.54, 1.807) is 0 Å². The number of amides is 2. The standard InChI is InChI=1S/C22H28ClN3O2S.CH4O/c1-15(29-16(2)23)20(27)25-22(10-4-5-11-22)21(28)24-19-7-6-17-8-12-26(3)13-9-18(17)14-19;1-2/h6-7,14H,1-2,4-5,8-13H2,3H3,(H,24,28)(H,25,27);2H,1H3/p+1. The van der Waals surface area contributed by atoms with Crippen molar-refractivity contribution < 1.29 is 19.6 Å². The van der Waals surface area contributed by atoms with Crippen molar-refractivity contribution in [2.24, 2.45) is 0 Å². The van der Waals surface area contributed by atoms with Crippen LogP contribution in [0.3, 0.4) is 0 Å². The van der Waals surface area contributed by atoms with E-state index in [2.05, 4.69) is 43.0 Å². The number of rotatable bonds is 6. The Balaban J connectivity index is 0.00000166. The van der Waals surface area contributed by atoms with Gasteiger partial charge in [-0.05, 0) is 36.1 Å². The molecule has 0 saturated heterocycles. The molecule has 1 aliphatic carbocycles. The molecule has 170 valence electrons. The molecule has 31 heavy (non-hydrogen) atoms. The lowest BCUT2D eigenvalue weighted by Gasteiger charge is -2.29. The molecule has 3 rings (SSSR count). The van der Waals surface area contributed by atoms with Crippen LogP contribution in [0, 0.1) is 0 Å². The summed E-state index contributed by atoms with van der Waals surface area (Å²) in [5, 5.41) is 13.0. The first-order chi connectivity index (χ1) is 14.8. The normalized spacial score (nSPS) is 19.2. The van der Waals surface area contributed by atoms with Gasteiger partial charge in [-0.3, -0.25) is 9.59 Å². The first kappa shape index (κ1) is 25.5. The highest BCUT2D eigenvalue weighted by Crippen LogP contribution is 2.33. The van der Waals surface area contributed by atoms with E-state index in [4.69, 9.17) is 16.7 Å². The summed E-state index contributed by atoms with van der Waals surface area (Å²) in [4.78, 5) is 27.5. The van der Waals surface area contributed by atoms with E-state index in [0.29, 0.717) is 12.8 Å². The van der Waals surface area contributed by atoms with Gasteiger partial charge in [0, 0.05) is 25.6 Å². The van der Waals surface area contributed by atoms with Gasteiger partial charge < -0.3 is 20.6 Å². The second-order valence-corrected chi connectivity index (χ2v) is 9.89.